The molecule has 1 saturated heterocycles. The summed E-state index contributed by atoms with van der Waals surface area (Å²) < 4.78 is 11.2. The lowest BCUT2D eigenvalue weighted by Crippen LogP contribution is -2.46. The number of rotatable bonds is 3. The molecule has 5 nitrogen and oxygen atoms in total. The lowest BCUT2D eigenvalue weighted by atomic mass is 10.1. The first kappa shape index (κ1) is 16.0. The standard InChI is InChI=1S/C13H24O5Si/c1-13(2,3)19(4,5)18-10-6-9(7-11(14)15)17-12(16)8-10/h7,9-10,14-15H,6,8H2,1-5H3/t9-,10+/m0/s1. The van der Waals surface area contributed by atoms with Crippen molar-refractivity contribution in [2.24, 2.45) is 0 Å². The minimum absolute atomic E-state index is 0.0683. The van der Waals surface area contributed by atoms with Gasteiger partial charge in [-0.25, -0.2) is 0 Å². The molecular weight excluding hydrogens is 264 g/mol. The highest BCUT2D eigenvalue weighted by Gasteiger charge is 2.41. The second kappa shape index (κ2) is 5.54. The maximum absolute atomic E-state index is 11.5. The van der Waals surface area contributed by atoms with Gasteiger partial charge in [-0.2, -0.15) is 0 Å². The topological polar surface area (TPSA) is 76.0 Å². The molecule has 2 N–H and O–H groups in total. The molecule has 1 aliphatic heterocycles. The summed E-state index contributed by atoms with van der Waals surface area (Å²) in [6.45, 7) is 10.7. The van der Waals surface area contributed by atoms with Gasteiger partial charge in [0, 0.05) is 12.5 Å². The summed E-state index contributed by atoms with van der Waals surface area (Å²) in [6, 6.07) is 0. The second-order valence-electron chi connectivity index (χ2n) is 6.49. The number of carbonyl (C=O) groups is 1. The number of hydrogen-bond donors (Lipinski definition) is 2. The Balaban J connectivity index is 2.74. The van der Waals surface area contributed by atoms with Gasteiger partial charge in [-0.15, -0.1) is 0 Å². The molecule has 0 aromatic heterocycles. The molecule has 1 rings (SSSR count). The normalized spacial score (nSPS) is 24.8. The van der Waals surface area contributed by atoms with Crippen LogP contribution < -0.4 is 0 Å². The third-order valence-electron chi connectivity index (χ3n) is 3.77. The predicted molar refractivity (Wildman–Crippen MR) is 74.5 cm³/mol. The Morgan fingerprint density at radius 3 is 2.47 bits per heavy atom. The van der Waals surface area contributed by atoms with Crippen molar-refractivity contribution in [1.82, 2.24) is 0 Å². The van der Waals surface area contributed by atoms with Crippen LogP contribution in [0.25, 0.3) is 0 Å². The highest BCUT2D eigenvalue weighted by atomic mass is 28.4. The van der Waals surface area contributed by atoms with E-state index in [-0.39, 0.29) is 23.5 Å². The number of esters is 1. The lowest BCUT2D eigenvalue weighted by Gasteiger charge is -2.40. The molecular formula is C13H24O5Si. The minimum Gasteiger partial charge on any atom is -0.481 e. The van der Waals surface area contributed by atoms with Gasteiger partial charge in [0.15, 0.2) is 8.32 Å². The zero-order valence-electron chi connectivity index (χ0n) is 12.3. The van der Waals surface area contributed by atoms with Gasteiger partial charge < -0.3 is 19.4 Å². The third-order valence-corrected chi connectivity index (χ3v) is 8.31. The fourth-order valence-corrected chi connectivity index (χ4v) is 3.11. The first-order valence-electron chi connectivity index (χ1n) is 6.48. The molecule has 110 valence electrons. The number of hydrogen-bond acceptors (Lipinski definition) is 5. The first-order chi connectivity index (χ1) is 8.51. The van der Waals surface area contributed by atoms with Gasteiger partial charge in [-0.1, -0.05) is 20.8 Å². The number of ether oxygens (including phenoxy) is 1. The summed E-state index contributed by atoms with van der Waals surface area (Å²) in [5, 5.41) is 17.7. The van der Waals surface area contributed by atoms with E-state index in [1.165, 1.54) is 0 Å². The zero-order valence-corrected chi connectivity index (χ0v) is 13.3. The van der Waals surface area contributed by atoms with Gasteiger partial charge in [0.1, 0.15) is 6.10 Å². The van der Waals surface area contributed by atoms with Crippen LogP contribution in [0.15, 0.2) is 12.0 Å². The largest absolute Gasteiger partial charge is 0.481 e. The van der Waals surface area contributed by atoms with Gasteiger partial charge in [0.2, 0.25) is 0 Å². The van der Waals surface area contributed by atoms with Crippen LogP contribution in [0.5, 0.6) is 0 Å². The smallest absolute Gasteiger partial charge is 0.308 e. The summed E-state index contributed by atoms with van der Waals surface area (Å²) in [5.41, 5.74) is 0. The quantitative estimate of drug-likeness (QED) is 0.474. The maximum atomic E-state index is 11.5. The molecule has 0 amide bonds. The number of aliphatic hydroxyl groups excluding tert-OH is 1. The van der Waals surface area contributed by atoms with E-state index in [0.29, 0.717) is 6.42 Å². The van der Waals surface area contributed by atoms with E-state index in [0.717, 1.165) is 6.08 Å². The Morgan fingerprint density at radius 2 is 2.00 bits per heavy atom. The van der Waals surface area contributed by atoms with Crippen LogP contribution in [0.3, 0.4) is 0 Å². The Kier molecular flexibility index (Phi) is 4.68. The summed E-state index contributed by atoms with van der Waals surface area (Å²) >= 11 is 0. The molecule has 0 spiro atoms. The SMILES string of the molecule is CC(C)(C)[Si](C)(C)O[C@H]1CC(=O)O[C@H](C=C(O)O)C1. The second-order valence-corrected chi connectivity index (χ2v) is 11.2. The van der Waals surface area contributed by atoms with Gasteiger partial charge >= 0.3 is 5.97 Å². The van der Waals surface area contributed by atoms with E-state index in [1.807, 2.05) is 0 Å². The van der Waals surface area contributed by atoms with Gasteiger partial charge in [-0.05, 0) is 18.1 Å². The van der Waals surface area contributed by atoms with E-state index in [4.69, 9.17) is 19.4 Å². The molecule has 0 bridgehead atoms. The van der Waals surface area contributed by atoms with Crippen molar-refractivity contribution >= 4 is 14.3 Å². The number of cyclic esters (lactones) is 1. The molecule has 0 aliphatic carbocycles. The Bertz CT molecular complexity index is 366. The molecule has 0 aromatic rings. The molecule has 6 heteroatoms. The van der Waals surface area contributed by atoms with Crippen molar-refractivity contribution in [3.8, 4) is 0 Å². The van der Waals surface area contributed by atoms with E-state index >= 15 is 0 Å². The Labute approximate surface area is 115 Å². The Morgan fingerprint density at radius 1 is 1.42 bits per heavy atom. The zero-order chi connectivity index (χ0) is 14.8. The first-order valence-corrected chi connectivity index (χ1v) is 9.39. The molecule has 0 unspecified atom stereocenters. The van der Waals surface area contributed by atoms with E-state index < -0.39 is 20.4 Å². The summed E-state index contributed by atoms with van der Waals surface area (Å²) in [6.07, 6.45) is 0.967. The van der Waals surface area contributed by atoms with Gasteiger partial charge in [0.25, 0.3) is 5.95 Å². The minimum atomic E-state index is -1.94. The van der Waals surface area contributed by atoms with Crippen molar-refractivity contribution in [2.45, 2.75) is 64.0 Å². The maximum Gasteiger partial charge on any atom is 0.308 e. The highest BCUT2D eigenvalue weighted by Crippen LogP contribution is 2.38. The van der Waals surface area contributed by atoms with E-state index in [1.54, 1.807) is 0 Å². The monoisotopic (exact) mass is 288 g/mol. The van der Waals surface area contributed by atoms with Crippen LogP contribution in [0.1, 0.15) is 33.6 Å². The van der Waals surface area contributed by atoms with Gasteiger partial charge in [0.05, 0.1) is 12.5 Å². The molecule has 0 saturated carbocycles. The molecule has 1 heterocycles. The fourth-order valence-electron chi connectivity index (χ4n) is 1.74. The predicted octanol–water partition coefficient (Wildman–Crippen LogP) is 3.04. The van der Waals surface area contributed by atoms with E-state index in [9.17, 15) is 4.79 Å². The molecule has 1 fully saturated rings. The van der Waals surface area contributed by atoms with Crippen LogP contribution >= 0.6 is 0 Å². The summed E-state index contributed by atoms with van der Waals surface area (Å²) in [4.78, 5) is 11.5. The molecule has 19 heavy (non-hydrogen) atoms. The number of aliphatic hydroxyl groups is 2. The van der Waals surface area contributed by atoms with Crippen LogP contribution in [0, 0.1) is 0 Å². The summed E-state index contributed by atoms with van der Waals surface area (Å²) in [5.74, 6) is -1.19. The molecule has 1 aliphatic rings. The van der Waals surface area contributed by atoms with E-state index in [2.05, 4.69) is 33.9 Å². The van der Waals surface area contributed by atoms with Crippen molar-refractivity contribution < 1.29 is 24.2 Å². The highest BCUT2D eigenvalue weighted by molar-refractivity contribution is 6.74. The fraction of sp³-hybridized carbons (Fsp3) is 0.769. The third kappa shape index (κ3) is 4.54. The number of carbonyl (C=O) groups excluding carboxylic acids is 1. The van der Waals surface area contributed by atoms with Crippen molar-refractivity contribution in [2.75, 3.05) is 0 Å². The Hall–Kier alpha value is -1.01. The van der Waals surface area contributed by atoms with Crippen LogP contribution in [0.4, 0.5) is 0 Å². The van der Waals surface area contributed by atoms with Gasteiger partial charge in [-0.3, -0.25) is 4.79 Å². The molecule has 2 atom stereocenters. The summed E-state index contributed by atoms with van der Waals surface area (Å²) in [7, 11) is -1.94. The lowest BCUT2D eigenvalue weighted by molar-refractivity contribution is -0.156. The van der Waals surface area contributed by atoms with Crippen LogP contribution in [-0.4, -0.2) is 36.7 Å². The average Bonchev–Trinajstić information content (AvgIpc) is 2.11. The van der Waals surface area contributed by atoms with Crippen molar-refractivity contribution in [1.29, 1.82) is 0 Å². The van der Waals surface area contributed by atoms with Crippen molar-refractivity contribution in [3.05, 3.63) is 12.0 Å². The van der Waals surface area contributed by atoms with Crippen LogP contribution in [-0.2, 0) is 14.0 Å². The molecule has 0 radical (unpaired) electrons. The average molecular weight is 288 g/mol. The van der Waals surface area contributed by atoms with Crippen molar-refractivity contribution in [3.63, 3.8) is 0 Å². The molecule has 0 aromatic carbocycles. The van der Waals surface area contributed by atoms with Crippen LogP contribution in [0.2, 0.25) is 18.1 Å².